The lowest BCUT2D eigenvalue weighted by molar-refractivity contribution is -0.116. The summed E-state index contributed by atoms with van der Waals surface area (Å²) in [5.74, 6) is 1.98. The molecule has 2 aromatic rings. The van der Waals surface area contributed by atoms with E-state index < -0.39 is 0 Å². The Balaban J connectivity index is 2.28. The second kappa shape index (κ2) is 7.49. The van der Waals surface area contributed by atoms with Crippen LogP contribution in [0.3, 0.4) is 0 Å². The van der Waals surface area contributed by atoms with Crippen molar-refractivity contribution in [3.63, 3.8) is 0 Å². The summed E-state index contributed by atoms with van der Waals surface area (Å²) >= 11 is 0. The molecule has 7 heteroatoms. The molecule has 0 spiro atoms. The third kappa shape index (κ3) is 3.23. The number of ketones is 1. The first-order valence-electron chi connectivity index (χ1n) is 8.18. The topological polar surface area (TPSA) is 89.2 Å². The second-order valence-electron chi connectivity index (χ2n) is 5.79. The van der Waals surface area contributed by atoms with Gasteiger partial charge >= 0.3 is 0 Å². The van der Waals surface area contributed by atoms with Crippen molar-refractivity contribution in [2.75, 3.05) is 40.8 Å². The molecule has 27 heavy (non-hydrogen) atoms. The lowest BCUT2D eigenvalue weighted by atomic mass is 9.95. The quantitative estimate of drug-likeness (QED) is 0.808. The number of methoxy groups -OCH3 is 4. The van der Waals surface area contributed by atoms with Crippen LogP contribution in [0.25, 0.3) is 5.57 Å². The first-order chi connectivity index (χ1) is 13.0. The Bertz CT molecular complexity index is 919. The molecule has 0 bridgehead atoms. The maximum absolute atomic E-state index is 12.3. The van der Waals surface area contributed by atoms with Crippen molar-refractivity contribution in [3.05, 3.63) is 41.5 Å². The van der Waals surface area contributed by atoms with E-state index in [9.17, 15) is 4.79 Å². The summed E-state index contributed by atoms with van der Waals surface area (Å²) in [7, 11) is 6.09. The predicted octanol–water partition coefficient (Wildman–Crippen LogP) is 2.70. The van der Waals surface area contributed by atoms with E-state index >= 15 is 0 Å². The van der Waals surface area contributed by atoms with Gasteiger partial charge in [0.15, 0.2) is 23.9 Å². The summed E-state index contributed by atoms with van der Waals surface area (Å²) in [6.45, 7) is -0.117. The molecule has 0 aliphatic carbocycles. The largest absolute Gasteiger partial charge is 0.495 e. The van der Waals surface area contributed by atoms with Crippen LogP contribution in [0.15, 0.2) is 30.3 Å². The zero-order chi connectivity index (χ0) is 19.6. The Kier molecular flexibility index (Phi) is 5.12. The minimum Gasteiger partial charge on any atom is -0.495 e. The van der Waals surface area contributed by atoms with Gasteiger partial charge in [0.1, 0.15) is 5.75 Å². The molecule has 1 heterocycles. The Labute approximate surface area is 157 Å². The molecular formula is C20H21NO6. The molecule has 1 aliphatic rings. The van der Waals surface area contributed by atoms with Gasteiger partial charge in [-0.15, -0.1) is 0 Å². The van der Waals surface area contributed by atoms with Gasteiger partial charge in [-0.3, -0.25) is 4.79 Å². The van der Waals surface area contributed by atoms with Gasteiger partial charge in [-0.25, -0.2) is 0 Å². The summed E-state index contributed by atoms with van der Waals surface area (Å²) in [5.41, 5.74) is 8.53. The van der Waals surface area contributed by atoms with Gasteiger partial charge in [-0.05, 0) is 35.4 Å². The maximum atomic E-state index is 12.3. The van der Waals surface area contributed by atoms with Crippen molar-refractivity contribution < 1.29 is 28.5 Å². The molecule has 0 aromatic heterocycles. The lowest BCUT2D eigenvalue weighted by Crippen LogP contribution is -2.08. The molecule has 2 aromatic carbocycles. The van der Waals surface area contributed by atoms with Crippen LogP contribution in [-0.4, -0.2) is 40.8 Å². The normalized spacial score (nSPS) is 13.0. The standard InChI is InChI=1S/C20H21NO6/c1-23-16-6-5-11(7-15(16)21)13-8-12(22)10-27-18-14(13)9-17(24-2)19(25-3)20(18)26-4/h5-9H,10,21H2,1-4H3. The number of hydrogen-bond acceptors (Lipinski definition) is 7. The van der Waals surface area contributed by atoms with Crippen LogP contribution in [0.5, 0.6) is 28.7 Å². The summed E-state index contributed by atoms with van der Waals surface area (Å²) in [5, 5.41) is 0. The molecule has 0 atom stereocenters. The van der Waals surface area contributed by atoms with E-state index in [1.54, 1.807) is 25.3 Å². The number of fused-ring (bicyclic) bond motifs is 1. The first kappa shape index (κ1) is 18.4. The highest BCUT2D eigenvalue weighted by Crippen LogP contribution is 2.50. The van der Waals surface area contributed by atoms with E-state index in [0.717, 1.165) is 5.56 Å². The highest BCUT2D eigenvalue weighted by Gasteiger charge is 2.27. The van der Waals surface area contributed by atoms with Crippen molar-refractivity contribution >= 4 is 17.0 Å². The number of benzene rings is 2. The Morgan fingerprint density at radius 1 is 0.926 bits per heavy atom. The van der Waals surface area contributed by atoms with Crippen LogP contribution in [0.4, 0.5) is 5.69 Å². The van der Waals surface area contributed by atoms with Crippen LogP contribution < -0.4 is 29.4 Å². The molecule has 0 unspecified atom stereocenters. The fourth-order valence-corrected chi connectivity index (χ4v) is 3.04. The number of anilines is 1. The second-order valence-corrected chi connectivity index (χ2v) is 5.79. The van der Waals surface area contributed by atoms with Crippen LogP contribution in [0.2, 0.25) is 0 Å². The van der Waals surface area contributed by atoms with E-state index in [4.69, 9.17) is 29.4 Å². The van der Waals surface area contributed by atoms with Crippen LogP contribution in [0, 0.1) is 0 Å². The zero-order valence-electron chi connectivity index (χ0n) is 15.6. The summed E-state index contributed by atoms with van der Waals surface area (Å²) in [4.78, 5) is 12.3. The fourth-order valence-electron chi connectivity index (χ4n) is 3.04. The van der Waals surface area contributed by atoms with Crippen molar-refractivity contribution in [2.24, 2.45) is 0 Å². The van der Waals surface area contributed by atoms with E-state index in [0.29, 0.717) is 45.6 Å². The van der Waals surface area contributed by atoms with Crippen molar-refractivity contribution in [1.29, 1.82) is 0 Å². The van der Waals surface area contributed by atoms with Crippen molar-refractivity contribution in [1.82, 2.24) is 0 Å². The molecule has 1 aliphatic heterocycles. The summed E-state index contributed by atoms with van der Waals surface area (Å²) in [6.07, 6.45) is 1.53. The maximum Gasteiger partial charge on any atom is 0.207 e. The minimum atomic E-state index is -0.185. The van der Waals surface area contributed by atoms with Gasteiger partial charge in [-0.1, -0.05) is 6.07 Å². The first-order valence-corrected chi connectivity index (χ1v) is 8.18. The Hall–Kier alpha value is -3.35. The molecule has 2 N–H and O–H groups in total. The van der Waals surface area contributed by atoms with Crippen molar-refractivity contribution in [3.8, 4) is 28.7 Å². The monoisotopic (exact) mass is 371 g/mol. The summed E-state index contributed by atoms with van der Waals surface area (Å²) in [6, 6.07) is 7.07. The molecule has 7 nitrogen and oxygen atoms in total. The molecule has 0 saturated heterocycles. The van der Waals surface area contributed by atoms with E-state index in [2.05, 4.69) is 0 Å². The number of ether oxygens (including phenoxy) is 5. The number of carbonyl (C=O) groups excluding carboxylic acids is 1. The minimum absolute atomic E-state index is 0.117. The van der Waals surface area contributed by atoms with Gasteiger partial charge < -0.3 is 29.4 Å². The molecular weight excluding hydrogens is 350 g/mol. The molecule has 0 radical (unpaired) electrons. The Morgan fingerprint density at radius 3 is 2.22 bits per heavy atom. The van der Waals surface area contributed by atoms with Gasteiger partial charge in [0.2, 0.25) is 11.5 Å². The molecule has 3 rings (SSSR count). The molecule has 0 amide bonds. The SMILES string of the molecule is COc1ccc(C2=CC(=O)COc3c2cc(OC)c(OC)c3OC)cc1N. The number of nitrogens with two attached hydrogens (primary N) is 1. The van der Waals surface area contributed by atoms with Crippen LogP contribution >= 0.6 is 0 Å². The lowest BCUT2D eigenvalue weighted by Gasteiger charge is -2.19. The molecule has 0 saturated carbocycles. The highest BCUT2D eigenvalue weighted by molar-refractivity contribution is 6.04. The van der Waals surface area contributed by atoms with Crippen LogP contribution in [-0.2, 0) is 4.79 Å². The van der Waals surface area contributed by atoms with Gasteiger partial charge in [-0.2, -0.15) is 0 Å². The highest BCUT2D eigenvalue weighted by atomic mass is 16.5. The molecule has 0 fully saturated rings. The Morgan fingerprint density at radius 2 is 1.63 bits per heavy atom. The van der Waals surface area contributed by atoms with E-state index in [-0.39, 0.29) is 12.4 Å². The molecule has 142 valence electrons. The predicted molar refractivity (Wildman–Crippen MR) is 101 cm³/mol. The van der Waals surface area contributed by atoms with Crippen LogP contribution in [0.1, 0.15) is 11.1 Å². The number of rotatable bonds is 5. The number of carbonyl (C=O) groups is 1. The average molecular weight is 371 g/mol. The smallest absolute Gasteiger partial charge is 0.207 e. The van der Waals surface area contributed by atoms with Crippen molar-refractivity contribution in [2.45, 2.75) is 0 Å². The third-order valence-electron chi connectivity index (χ3n) is 4.28. The van der Waals surface area contributed by atoms with Gasteiger partial charge in [0.05, 0.1) is 34.1 Å². The van der Waals surface area contributed by atoms with Gasteiger partial charge in [0, 0.05) is 5.56 Å². The summed E-state index contributed by atoms with van der Waals surface area (Å²) < 4.78 is 27.3. The fraction of sp³-hybridized carbons (Fsp3) is 0.250. The third-order valence-corrected chi connectivity index (χ3v) is 4.28. The zero-order valence-corrected chi connectivity index (χ0v) is 15.6. The number of hydrogen-bond donors (Lipinski definition) is 1. The van der Waals surface area contributed by atoms with Gasteiger partial charge in [0.25, 0.3) is 0 Å². The van der Waals surface area contributed by atoms with E-state index in [1.807, 2.05) is 6.07 Å². The average Bonchev–Trinajstić information content (AvgIpc) is 2.85. The number of nitrogen functional groups attached to an aromatic ring is 1. The van der Waals surface area contributed by atoms with E-state index in [1.165, 1.54) is 27.4 Å².